The minimum absolute atomic E-state index is 0.0181. The first-order valence-corrected chi connectivity index (χ1v) is 8.25. The molecule has 0 spiro atoms. The van der Waals surface area contributed by atoms with E-state index < -0.39 is 29.7 Å². The molecule has 0 fully saturated rings. The molecule has 0 unspecified atom stereocenters. The van der Waals surface area contributed by atoms with Crippen LogP contribution in [0.3, 0.4) is 0 Å². The maximum Gasteiger partial charge on any atom is 0.412 e. The zero-order valence-electron chi connectivity index (χ0n) is 13.4. The summed E-state index contributed by atoms with van der Waals surface area (Å²) in [6, 6.07) is 10.3. The SMILES string of the molecule is O=C(O)/C=C/C[C@@H](OC(=O)Nc1ccc(Br)cc1)c1ccc(O)c(F)c1. The first-order chi connectivity index (χ1) is 12.3. The molecule has 0 bridgehead atoms. The number of carboxylic acids is 1. The van der Waals surface area contributed by atoms with Gasteiger partial charge in [0, 0.05) is 22.7 Å². The average molecular weight is 424 g/mol. The second kappa shape index (κ2) is 9.00. The van der Waals surface area contributed by atoms with Crippen molar-refractivity contribution in [2.24, 2.45) is 0 Å². The van der Waals surface area contributed by atoms with E-state index in [0.29, 0.717) is 5.69 Å². The van der Waals surface area contributed by atoms with Crippen molar-refractivity contribution in [3.63, 3.8) is 0 Å². The number of rotatable bonds is 6. The first-order valence-electron chi connectivity index (χ1n) is 7.46. The molecule has 0 radical (unpaired) electrons. The number of carboxylic acid groups (broad SMARTS) is 1. The lowest BCUT2D eigenvalue weighted by Gasteiger charge is -2.17. The van der Waals surface area contributed by atoms with Crippen LogP contribution in [-0.4, -0.2) is 22.3 Å². The minimum atomic E-state index is -1.15. The molecule has 2 aromatic carbocycles. The fourth-order valence-corrected chi connectivity index (χ4v) is 2.34. The molecule has 8 heteroatoms. The summed E-state index contributed by atoms with van der Waals surface area (Å²) in [4.78, 5) is 22.7. The Morgan fingerprint density at radius 2 is 1.92 bits per heavy atom. The van der Waals surface area contributed by atoms with Gasteiger partial charge in [-0.2, -0.15) is 0 Å². The van der Waals surface area contributed by atoms with Crippen LogP contribution < -0.4 is 5.32 Å². The summed E-state index contributed by atoms with van der Waals surface area (Å²) in [6.45, 7) is 0. The first kappa shape index (κ1) is 19.5. The summed E-state index contributed by atoms with van der Waals surface area (Å²) >= 11 is 3.28. The van der Waals surface area contributed by atoms with Crippen molar-refractivity contribution >= 4 is 33.7 Å². The summed E-state index contributed by atoms with van der Waals surface area (Å²) in [5.74, 6) is -2.56. The van der Waals surface area contributed by atoms with Crippen LogP contribution in [0, 0.1) is 5.82 Å². The van der Waals surface area contributed by atoms with Gasteiger partial charge in [0.1, 0.15) is 6.10 Å². The number of ether oxygens (including phenoxy) is 1. The van der Waals surface area contributed by atoms with Crippen LogP contribution in [0.4, 0.5) is 14.9 Å². The number of hydrogen-bond donors (Lipinski definition) is 3. The van der Waals surface area contributed by atoms with Crippen LogP contribution in [0.2, 0.25) is 0 Å². The summed E-state index contributed by atoms with van der Waals surface area (Å²) in [5.41, 5.74) is 0.774. The Morgan fingerprint density at radius 3 is 2.54 bits per heavy atom. The smallest absolute Gasteiger partial charge is 0.412 e. The number of nitrogens with one attached hydrogen (secondary N) is 1. The average Bonchev–Trinajstić information content (AvgIpc) is 2.58. The predicted octanol–water partition coefficient (Wildman–Crippen LogP) is 4.61. The Hall–Kier alpha value is -2.87. The van der Waals surface area contributed by atoms with Gasteiger partial charge in [0.05, 0.1) is 0 Å². The zero-order chi connectivity index (χ0) is 19.1. The lowest BCUT2D eigenvalue weighted by atomic mass is 10.1. The summed E-state index contributed by atoms with van der Waals surface area (Å²) in [7, 11) is 0. The van der Waals surface area contributed by atoms with E-state index in [0.717, 1.165) is 22.7 Å². The van der Waals surface area contributed by atoms with E-state index in [1.54, 1.807) is 24.3 Å². The number of phenols is 1. The second-order valence-electron chi connectivity index (χ2n) is 5.21. The highest BCUT2D eigenvalue weighted by molar-refractivity contribution is 9.10. The third-order valence-electron chi connectivity index (χ3n) is 3.29. The molecule has 0 saturated heterocycles. The molecule has 0 aliphatic rings. The van der Waals surface area contributed by atoms with Gasteiger partial charge in [0.2, 0.25) is 0 Å². The summed E-state index contributed by atoms with van der Waals surface area (Å²) in [6.07, 6.45) is 0.500. The Balaban J connectivity index is 2.14. The fourth-order valence-electron chi connectivity index (χ4n) is 2.08. The number of aliphatic carboxylic acids is 1. The van der Waals surface area contributed by atoms with E-state index in [4.69, 9.17) is 9.84 Å². The standard InChI is InChI=1S/C18H15BrFNO5/c19-12-5-7-13(8-6-12)21-18(25)26-16(2-1-3-17(23)24)11-4-9-15(22)14(20)10-11/h1,3-10,16,22H,2H2,(H,21,25)(H,23,24)/b3-1+/t16-/m1/s1. The molecular formula is C18H15BrFNO5. The molecule has 2 aromatic rings. The van der Waals surface area contributed by atoms with Gasteiger partial charge in [0.15, 0.2) is 11.6 Å². The van der Waals surface area contributed by atoms with Gasteiger partial charge in [0.25, 0.3) is 0 Å². The number of phenolic OH excluding ortho intramolecular Hbond substituents is 1. The van der Waals surface area contributed by atoms with Gasteiger partial charge in [-0.3, -0.25) is 5.32 Å². The van der Waals surface area contributed by atoms with Crippen molar-refractivity contribution in [1.82, 2.24) is 0 Å². The molecular weight excluding hydrogens is 409 g/mol. The monoisotopic (exact) mass is 423 g/mol. The highest BCUT2D eigenvalue weighted by Gasteiger charge is 2.18. The van der Waals surface area contributed by atoms with Crippen molar-refractivity contribution in [3.8, 4) is 5.75 Å². The lowest BCUT2D eigenvalue weighted by Crippen LogP contribution is -2.17. The van der Waals surface area contributed by atoms with Crippen LogP contribution in [0.15, 0.2) is 59.1 Å². The van der Waals surface area contributed by atoms with Gasteiger partial charge in [-0.25, -0.2) is 14.0 Å². The second-order valence-corrected chi connectivity index (χ2v) is 6.13. The Kier molecular flexibility index (Phi) is 6.74. The van der Waals surface area contributed by atoms with Crippen molar-refractivity contribution in [2.75, 3.05) is 5.32 Å². The quantitative estimate of drug-likeness (QED) is 0.589. The number of carbonyl (C=O) groups is 2. The zero-order valence-corrected chi connectivity index (χ0v) is 14.9. The molecule has 0 saturated carbocycles. The molecule has 3 N–H and O–H groups in total. The Bertz CT molecular complexity index is 823. The fraction of sp³-hybridized carbons (Fsp3) is 0.111. The normalized spacial score (nSPS) is 11.9. The van der Waals surface area contributed by atoms with Gasteiger partial charge >= 0.3 is 12.1 Å². The maximum atomic E-state index is 13.6. The van der Waals surface area contributed by atoms with Gasteiger partial charge in [-0.15, -0.1) is 0 Å². The number of aromatic hydroxyl groups is 1. The molecule has 0 heterocycles. The maximum absolute atomic E-state index is 13.6. The third-order valence-corrected chi connectivity index (χ3v) is 3.82. The van der Waals surface area contributed by atoms with E-state index in [1.165, 1.54) is 12.1 Å². The van der Waals surface area contributed by atoms with Gasteiger partial charge in [-0.1, -0.05) is 28.1 Å². The minimum Gasteiger partial charge on any atom is -0.505 e. The third kappa shape index (κ3) is 5.89. The van der Waals surface area contributed by atoms with Crippen molar-refractivity contribution in [2.45, 2.75) is 12.5 Å². The number of anilines is 1. The molecule has 0 aromatic heterocycles. The van der Waals surface area contributed by atoms with Crippen molar-refractivity contribution in [1.29, 1.82) is 0 Å². The summed E-state index contributed by atoms with van der Waals surface area (Å²) < 4.78 is 19.7. The van der Waals surface area contributed by atoms with Crippen LogP contribution in [-0.2, 0) is 9.53 Å². The lowest BCUT2D eigenvalue weighted by molar-refractivity contribution is -0.131. The van der Waals surface area contributed by atoms with Crippen LogP contribution >= 0.6 is 15.9 Å². The molecule has 6 nitrogen and oxygen atoms in total. The van der Waals surface area contributed by atoms with Crippen LogP contribution in [0.1, 0.15) is 18.1 Å². The topological polar surface area (TPSA) is 95.9 Å². The highest BCUT2D eigenvalue weighted by Crippen LogP contribution is 2.27. The van der Waals surface area contributed by atoms with E-state index in [-0.39, 0.29) is 12.0 Å². The summed E-state index contributed by atoms with van der Waals surface area (Å²) in [5, 5.41) is 20.5. The Morgan fingerprint density at radius 1 is 1.23 bits per heavy atom. The molecule has 1 atom stereocenters. The Labute approximate surface area is 157 Å². The largest absolute Gasteiger partial charge is 0.505 e. The van der Waals surface area contributed by atoms with Crippen molar-refractivity contribution in [3.05, 3.63) is 70.5 Å². The molecule has 2 rings (SSSR count). The molecule has 0 aliphatic carbocycles. The molecule has 1 amide bonds. The number of benzene rings is 2. The number of hydrogen-bond acceptors (Lipinski definition) is 4. The van der Waals surface area contributed by atoms with E-state index in [9.17, 15) is 19.1 Å². The predicted molar refractivity (Wildman–Crippen MR) is 96.4 cm³/mol. The van der Waals surface area contributed by atoms with E-state index >= 15 is 0 Å². The van der Waals surface area contributed by atoms with Gasteiger partial charge in [-0.05, 0) is 42.0 Å². The molecule has 26 heavy (non-hydrogen) atoms. The van der Waals surface area contributed by atoms with Crippen molar-refractivity contribution < 1.29 is 28.9 Å². The molecule has 0 aliphatic heterocycles. The molecule has 136 valence electrons. The van der Waals surface area contributed by atoms with E-state index in [2.05, 4.69) is 21.2 Å². The number of amides is 1. The highest BCUT2D eigenvalue weighted by atomic mass is 79.9. The van der Waals surface area contributed by atoms with Gasteiger partial charge < -0.3 is 14.9 Å². The van der Waals surface area contributed by atoms with E-state index in [1.807, 2.05) is 0 Å². The number of carbonyl (C=O) groups excluding carboxylic acids is 1. The number of halogens is 2. The van der Waals surface area contributed by atoms with Crippen LogP contribution in [0.5, 0.6) is 5.75 Å². The van der Waals surface area contributed by atoms with Crippen LogP contribution in [0.25, 0.3) is 0 Å².